The van der Waals surface area contributed by atoms with E-state index in [4.69, 9.17) is 39.5 Å². The summed E-state index contributed by atoms with van der Waals surface area (Å²) >= 11 is 20.6. The molecule has 0 bridgehead atoms. The van der Waals surface area contributed by atoms with E-state index in [0.717, 1.165) is 16.7 Å². The Morgan fingerprint density at radius 2 is 1.89 bits per heavy atom. The van der Waals surface area contributed by atoms with Gasteiger partial charge in [-0.25, -0.2) is 0 Å². The van der Waals surface area contributed by atoms with Gasteiger partial charge in [0.1, 0.15) is 5.75 Å². The van der Waals surface area contributed by atoms with Crippen LogP contribution in [0.4, 0.5) is 0 Å². The smallest absolute Gasteiger partial charge is 0.139 e. The van der Waals surface area contributed by atoms with E-state index in [1.54, 1.807) is 23.5 Å². The number of thiophene rings is 1. The second kappa shape index (κ2) is 6.36. The van der Waals surface area contributed by atoms with Crippen LogP contribution in [0.1, 0.15) is 29.0 Å². The Morgan fingerprint density at radius 1 is 1.16 bits per heavy atom. The van der Waals surface area contributed by atoms with E-state index in [2.05, 4.69) is 5.38 Å². The molecule has 19 heavy (non-hydrogen) atoms. The SMILES string of the molecule is CCOc1cc(Cl)c(C(Cl)c2cscc2C)cc1Cl. The van der Waals surface area contributed by atoms with Crippen molar-refractivity contribution in [3.05, 3.63) is 49.6 Å². The second-order valence-corrected chi connectivity index (χ2v) is 6.10. The van der Waals surface area contributed by atoms with Crippen LogP contribution in [-0.2, 0) is 0 Å². The van der Waals surface area contributed by atoms with Crippen molar-refractivity contribution in [1.82, 2.24) is 0 Å². The van der Waals surface area contributed by atoms with Gasteiger partial charge in [-0.1, -0.05) is 23.2 Å². The molecule has 0 spiro atoms. The topological polar surface area (TPSA) is 9.23 Å². The molecule has 0 aliphatic carbocycles. The minimum absolute atomic E-state index is 0.299. The number of halogens is 3. The number of alkyl halides is 1. The Morgan fingerprint density at radius 3 is 2.47 bits per heavy atom. The largest absolute Gasteiger partial charge is 0.492 e. The fraction of sp³-hybridized carbons (Fsp3) is 0.286. The van der Waals surface area contributed by atoms with Crippen molar-refractivity contribution in [2.75, 3.05) is 6.61 Å². The molecule has 1 aromatic heterocycles. The zero-order valence-corrected chi connectivity index (χ0v) is 13.6. The van der Waals surface area contributed by atoms with Crippen LogP contribution in [0.15, 0.2) is 22.9 Å². The van der Waals surface area contributed by atoms with Crippen molar-refractivity contribution in [3.8, 4) is 5.75 Å². The van der Waals surface area contributed by atoms with E-state index in [1.807, 2.05) is 19.2 Å². The van der Waals surface area contributed by atoms with Crippen LogP contribution in [0, 0.1) is 6.92 Å². The molecule has 0 radical (unpaired) electrons. The third kappa shape index (κ3) is 3.19. The Kier molecular flexibility index (Phi) is 5.02. The summed E-state index contributed by atoms with van der Waals surface area (Å²) in [6, 6.07) is 3.50. The molecule has 1 unspecified atom stereocenters. The van der Waals surface area contributed by atoms with Gasteiger partial charge in [0.15, 0.2) is 0 Å². The number of benzene rings is 1. The van der Waals surface area contributed by atoms with Gasteiger partial charge < -0.3 is 4.74 Å². The molecule has 0 saturated carbocycles. The van der Waals surface area contributed by atoms with Crippen molar-refractivity contribution in [2.45, 2.75) is 19.2 Å². The lowest BCUT2D eigenvalue weighted by atomic mass is 10.0. The van der Waals surface area contributed by atoms with Crippen molar-refractivity contribution in [2.24, 2.45) is 0 Å². The predicted molar refractivity (Wildman–Crippen MR) is 84.4 cm³/mol. The van der Waals surface area contributed by atoms with E-state index < -0.39 is 0 Å². The monoisotopic (exact) mass is 334 g/mol. The molecule has 1 nitrogen and oxygen atoms in total. The Hall–Kier alpha value is -0.410. The molecular formula is C14H13Cl3OS. The molecular weight excluding hydrogens is 323 g/mol. The lowest BCUT2D eigenvalue weighted by Gasteiger charge is -2.14. The van der Waals surface area contributed by atoms with Crippen LogP contribution in [0.2, 0.25) is 10.0 Å². The zero-order valence-electron chi connectivity index (χ0n) is 10.5. The quantitative estimate of drug-likeness (QED) is 0.614. The van der Waals surface area contributed by atoms with Crippen molar-refractivity contribution in [1.29, 1.82) is 0 Å². The van der Waals surface area contributed by atoms with Crippen LogP contribution >= 0.6 is 46.1 Å². The number of aryl methyl sites for hydroxylation is 1. The van der Waals surface area contributed by atoms with E-state index in [0.29, 0.717) is 22.4 Å². The molecule has 2 rings (SSSR count). The van der Waals surface area contributed by atoms with Gasteiger partial charge >= 0.3 is 0 Å². The van der Waals surface area contributed by atoms with Crippen molar-refractivity contribution in [3.63, 3.8) is 0 Å². The normalized spacial score (nSPS) is 12.5. The summed E-state index contributed by atoms with van der Waals surface area (Å²) in [6.07, 6.45) is 0. The molecule has 2 aromatic rings. The minimum atomic E-state index is -0.299. The van der Waals surface area contributed by atoms with Crippen LogP contribution < -0.4 is 4.74 Å². The predicted octanol–water partition coefficient (Wildman–Crippen LogP) is 6.09. The summed E-state index contributed by atoms with van der Waals surface area (Å²) in [6.45, 7) is 4.48. The van der Waals surface area contributed by atoms with Gasteiger partial charge in [-0.2, -0.15) is 11.3 Å². The van der Waals surface area contributed by atoms with Crippen molar-refractivity contribution < 1.29 is 4.74 Å². The van der Waals surface area contributed by atoms with Crippen LogP contribution in [-0.4, -0.2) is 6.61 Å². The Bertz CT molecular complexity index is 580. The van der Waals surface area contributed by atoms with Crippen LogP contribution in [0.3, 0.4) is 0 Å². The van der Waals surface area contributed by atoms with Crippen LogP contribution in [0.25, 0.3) is 0 Å². The first-order valence-electron chi connectivity index (χ1n) is 5.83. The standard InChI is InChI=1S/C14H13Cl3OS/c1-3-18-13-5-11(15)9(4-12(13)16)14(17)10-7-19-6-8(10)2/h4-7,14H,3H2,1-2H3. The molecule has 0 aliphatic heterocycles. The summed E-state index contributed by atoms with van der Waals surface area (Å²) < 4.78 is 5.41. The number of hydrogen-bond donors (Lipinski definition) is 0. The Labute approximate surface area is 132 Å². The molecule has 0 saturated heterocycles. The minimum Gasteiger partial charge on any atom is -0.492 e. The fourth-order valence-electron chi connectivity index (χ4n) is 1.80. The number of ether oxygens (including phenoxy) is 1. The van der Waals surface area contributed by atoms with E-state index in [1.165, 1.54) is 0 Å². The highest BCUT2D eigenvalue weighted by Gasteiger charge is 2.19. The lowest BCUT2D eigenvalue weighted by Crippen LogP contribution is -1.98. The summed E-state index contributed by atoms with van der Waals surface area (Å²) in [7, 11) is 0. The Balaban J connectivity index is 2.40. The van der Waals surface area contributed by atoms with E-state index in [9.17, 15) is 0 Å². The third-order valence-electron chi connectivity index (χ3n) is 2.79. The maximum atomic E-state index is 6.51. The first-order valence-corrected chi connectivity index (χ1v) is 7.96. The molecule has 1 heterocycles. The zero-order chi connectivity index (χ0) is 14.0. The van der Waals surface area contributed by atoms with Gasteiger partial charge in [-0.3, -0.25) is 0 Å². The molecule has 0 N–H and O–H groups in total. The van der Waals surface area contributed by atoms with Gasteiger partial charge in [0, 0.05) is 11.1 Å². The molecule has 0 amide bonds. The first kappa shape index (κ1) is 15.0. The van der Waals surface area contributed by atoms with Gasteiger partial charge in [-0.05, 0) is 47.4 Å². The summed E-state index contributed by atoms with van der Waals surface area (Å²) in [5, 5.41) is 4.90. The highest BCUT2D eigenvalue weighted by atomic mass is 35.5. The maximum Gasteiger partial charge on any atom is 0.139 e. The maximum absolute atomic E-state index is 6.51. The molecule has 0 aliphatic rings. The molecule has 102 valence electrons. The molecule has 1 aromatic carbocycles. The average molecular weight is 336 g/mol. The van der Waals surface area contributed by atoms with Crippen LogP contribution in [0.5, 0.6) is 5.75 Å². The molecule has 5 heteroatoms. The third-order valence-corrected chi connectivity index (χ3v) is 4.76. The van der Waals surface area contributed by atoms with Gasteiger partial charge in [0.2, 0.25) is 0 Å². The molecule has 1 atom stereocenters. The lowest BCUT2D eigenvalue weighted by molar-refractivity contribution is 0.340. The van der Waals surface area contributed by atoms with E-state index >= 15 is 0 Å². The van der Waals surface area contributed by atoms with Crippen molar-refractivity contribution >= 4 is 46.1 Å². The highest BCUT2D eigenvalue weighted by molar-refractivity contribution is 7.08. The second-order valence-electron chi connectivity index (χ2n) is 4.11. The van der Waals surface area contributed by atoms with Gasteiger partial charge in [0.05, 0.1) is 17.0 Å². The average Bonchev–Trinajstić information content (AvgIpc) is 2.79. The summed E-state index contributed by atoms with van der Waals surface area (Å²) in [4.78, 5) is 0. The molecule has 0 fully saturated rings. The number of hydrogen-bond acceptors (Lipinski definition) is 2. The fourth-order valence-corrected chi connectivity index (χ4v) is 3.71. The number of rotatable bonds is 4. The van der Waals surface area contributed by atoms with Gasteiger partial charge in [0.25, 0.3) is 0 Å². The summed E-state index contributed by atoms with van der Waals surface area (Å²) in [5.74, 6) is 0.587. The highest BCUT2D eigenvalue weighted by Crippen LogP contribution is 2.40. The van der Waals surface area contributed by atoms with E-state index in [-0.39, 0.29) is 5.38 Å². The summed E-state index contributed by atoms with van der Waals surface area (Å²) in [5.41, 5.74) is 3.03. The van der Waals surface area contributed by atoms with Gasteiger partial charge in [-0.15, -0.1) is 11.6 Å². The first-order chi connectivity index (χ1) is 9.04.